The number of amides is 1. The maximum absolute atomic E-state index is 11.6. The Hall–Kier alpha value is -0.900. The van der Waals surface area contributed by atoms with Gasteiger partial charge in [0.05, 0.1) is 11.5 Å². The third kappa shape index (κ3) is 1.16. The third-order valence-electron chi connectivity index (χ3n) is 3.25. The Morgan fingerprint density at radius 3 is 2.92 bits per heavy atom. The monoisotopic (exact) mass is 182 g/mol. The molecule has 1 spiro atoms. The van der Waals surface area contributed by atoms with Gasteiger partial charge in [-0.15, -0.1) is 0 Å². The molecule has 1 N–H and O–H groups in total. The predicted molar refractivity (Wildman–Crippen MR) is 47.2 cm³/mol. The van der Waals surface area contributed by atoms with Crippen LogP contribution in [0.5, 0.6) is 0 Å². The molecule has 2 rings (SSSR count). The van der Waals surface area contributed by atoms with Crippen LogP contribution in [0.2, 0.25) is 0 Å². The summed E-state index contributed by atoms with van der Waals surface area (Å²) in [6.07, 6.45) is 2.51. The summed E-state index contributed by atoms with van der Waals surface area (Å²) in [5.74, 6) is 0.128. The Balaban J connectivity index is 2.19. The number of carbonyl (C=O) groups is 2. The van der Waals surface area contributed by atoms with Gasteiger partial charge in [-0.05, 0) is 19.9 Å². The Bertz CT molecular complexity index is 254. The van der Waals surface area contributed by atoms with E-state index in [4.69, 9.17) is 0 Å². The average Bonchev–Trinajstić information content (AvgIpc) is 2.59. The Morgan fingerprint density at radius 2 is 2.46 bits per heavy atom. The molecule has 13 heavy (non-hydrogen) atoms. The molecule has 2 aliphatic rings. The Labute approximate surface area is 77.3 Å². The van der Waals surface area contributed by atoms with Crippen molar-refractivity contribution in [2.45, 2.75) is 18.9 Å². The topological polar surface area (TPSA) is 49.4 Å². The van der Waals surface area contributed by atoms with Crippen molar-refractivity contribution in [1.29, 1.82) is 0 Å². The molecule has 2 fully saturated rings. The molecule has 0 aliphatic carbocycles. The van der Waals surface area contributed by atoms with Gasteiger partial charge < -0.3 is 10.1 Å². The molecular formula is C9H14N2O2. The normalized spacial score (nSPS) is 39.8. The molecule has 0 aromatic rings. The van der Waals surface area contributed by atoms with Crippen LogP contribution < -0.4 is 5.32 Å². The lowest BCUT2D eigenvalue weighted by atomic mass is 9.84. The quantitative estimate of drug-likeness (QED) is 0.551. The van der Waals surface area contributed by atoms with Gasteiger partial charge in [-0.2, -0.15) is 0 Å². The van der Waals surface area contributed by atoms with Crippen molar-refractivity contribution in [2.75, 3.05) is 20.1 Å². The zero-order valence-corrected chi connectivity index (χ0v) is 7.75. The highest BCUT2D eigenvalue weighted by Gasteiger charge is 2.50. The molecule has 0 saturated carbocycles. The zero-order chi connectivity index (χ0) is 9.47. The van der Waals surface area contributed by atoms with Crippen molar-refractivity contribution in [3.05, 3.63) is 0 Å². The van der Waals surface area contributed by atoms with Crippen molar-refractivity contribution in [2.24, 2.45) is 5.41 Å². The van der Waals surface area contributed by atoms with Crippen LogP contribution >= 0.6 is 0 Å². The zero-order valence-electron chi connectivity index (χ0n) is 7.75. The van der Waals surface area contributed by atoms with Gasteiger partial charge in [-0.1, -0.05) is 0 Å². The summed E-state index contributed by atoms with van der Waals surface area (Å²) in [7, 11) is 1.90. The van der Waals surface area contributed by atoms with E-state index in [0.717, 1.165) is 25.8 Å². The van der Waals surface area contributed by atoms with E-state index >= 15 is 0 Å². The van der Waals surface area contributed by atoms with Crippen molar-refractivity contribution in [3.8, 4) is 0 Å². The molecule has 2 heterocycles. The lowest BCUT2D eigenvalue weighted by Crippen LogP contribution is -2.33. The van der Waals surface area contributed by atoms with Gasteiger partial charge in [0.2, 0.25) is 5.91 Å². The number of carbonyl (C=O) groups excluding carboxylic acids is 2. The van der Waals surface area contributed by atoms with E-state index in [9.17, 15) is 9.59 Å². The first kappa shape index (κ1) is 8.69. The fourth-order valence-corrected chi connectivity index (χ4v) is 2.43. The van der Waals surface area contributed by atoms with Crippen molar-refractivity contribution in [1.82, 2.24) is 10.2 Å². The number of nitrogens with one attached hydrogen (secondary N) is 1. The van der Waals surface area contributed by atoms with E-state index in [1.54, 1.807) is 0 Å². The first-order chi connectivity index (χ1) is 6.18. The summed E-state index contributed by atoms with van der Waals surface area (Å²) in [5, 5.41) is 2.84. The second-order valence-corrected chi connectivity index (χ2v) is 4.11. The van der Waals surface area contributed by atoms with E-state index in [1.807, 2.05) is 11.9 Å². The number of hydrogen-bond donors (Lipinski definition) is 1. The van der Waals surface area contributed by atoms with Gasteiger partial charge in [0.25, 0.3) is 0 Å². The van der Waals surface area contributed by atoms with Crippen LogP contribution in [0.3, 0.4) is 0 Å². The van der Waals surface area contributed by atoms with E-state index in [-0.39, 0.29) is 17.4 Å². The lowest BCUT2D eigenvalue weighted by Gasteiger charge is -2.18. The first-order valence-electron chi connectivity index (χ1n) is 4.62. The van der Waals surface area contributed by atoms with Gasteiger partial charge in [0, 0.05) is 13.1 Å². The molecule has 2 unspecified atom stereocenters. The highest BCUT2D eigenvalue weighted by atomic mass is 16.2. The van der Waals surface area contributed by atoms with Crippen molar-refractivity contribution >= 4 is 12.2 Å². The van der Waals surface area contributed by atoms with Gasteiger partial charge >= 0.3 is 0 Å². The molecule has 4 nitrogen and oxygen atoms in total. The molecule has 2 saturated heterocycles. The standard InChI is InChI=1S/C9H14N2O2/c1-11-6-9(4-7(11)5-12)2-3-10-8(9)13/h5,7H,2-4,6H2,1H3,(H,10,13). The summed E-state index contributed by atoms with van der Waals surface area (Å²) in [5.41, 5.74) is -0.264. The Kier molecular flexibility index (Phi) is 1.87. The molecule has 0 radical (unpaired) electrons. The minimum atomic E-state index is -0.264. The number of rotatable bonds is 1. The fraction of sp³-hybridized carbons (Fsp3) is 0.778. The lowest BCUT2D eigenvalue weighted by molar-refractivity contribution is -0.127. The van der Waals surface area contributed by atoms with E-state index < -0.39 is 0 Å². The summed E-state index contributed by atoms with van der Waals surface area (Å²) in [4.78, 5) is 24.2. The second-order valence-electron chi connectivity index (χ2n) is 4.11. The van der Waals surface area contributed by atoms with Crippen molar-refractivity contribution in [3.63, 3.8) is 0 Å². The first-order valence-corrected chi connectivity index (χ1v) is 4.62. The van der Waals surface area contributed by atoms with Crippen LogP contribution in [-0.4, -0.2) is 43.3 Å². The van der Waals surface area contributed by atoms with Gasteiger partial charge in [-0.3, -0.25) is 9.69 Å². The number of nitrogens with zero attached hydrogens (tertiary/aromatic N) is 1. The summed E-state index contributed by atoms with van der Waals surface area (Å²) >= 11 is 0. The highest BCUT2D eigenvalue weighted by molar-refractivity contribution is 5.86. The van der Waals surface area contributed by atoms with Crippen LogP contribution in [0.15, 0.2) is 0 Å². The molecule has 2 atom stereocenters. The minimum Gasteiger partial charge on any atom is -0.356 e. The average molecular weight is 182 g/mol. The molecule has 72 valence electrons. The van der Waals surface area contributed by atoms with Crippen LogP contribution in [0, 0.1) is 5.41 Å². The molecule has 2 aliphatic heterocycles. The molecule has 0 bridgehead atoms. The Morgan fingerprint density at radius 1 is 1.69 bits per heavy atom. The molecule has 1 amide bonds. The van der Waals surface area contributed by atoms with Gasteiger partial charge in [-0.25, -0.2) is 0 Å². The second kappa shape index (κ2) is 2.80. The molecule has 4 heteroatoms. The third-order valence-corrected chi connectivity index (χ3v) is 3.25. The van der Waals surface area contributed by atoms with Gasteiger partial charge in [0.15, 0.2) is 0 Å². The fourth-order valence-electron chi connectivity index (χ4n) is 2.43. The minimum absolute atomic E-state index is 0.0659. The van der Waals surface area contributed by atoms with Crippen LogP contribution in [-0.2, 0) is 9.59 Å². The van der Waals surface area contributed by atoms with E-state index in [1.165, 1.54) is 0 Å². The predicted octanol–water partition coefficient (Wildman–Crippen LogP) is -0.604. The number of aldehydes is 1. The molecule has 0 aromatic heterocycles. The van der Waals surface area contributed by atoms with E-state index in [2.05, 4.69) is 5.32 Å². The van der Waals surface area contributed by atoms with Crippen LogP contribution in [0.1, 0.15) is 12.8 Å². The molecular weight excluding hydrogens is 168 g/mol. The molecule has 0 aromatic carbocycles. The largest absolute Gasteiger partial charge is 0.356 e. The summed E-state index contributed by atoms with van der Waals surface area (Å²) in [6, 6.07) is -0.0659. The SMILES string of the molecule is CN1CC2(CCNC2=O)CC1C=O. The number of hydrogen-bond acceptors (Lipinski definition) is 3. The van der Waals surface area contributed by atoms with Crippen LogP contribution in [0.4, 0.5) is 0 Å². The number of likely N-dealkylation sites (N-methyl/N-ethyl adjacent to an activating group) is 1. The summed E-state index contributed by atoms with van der Waals surface area (Å²) in [6.45, 7) is 1.49. The maximum Gasteiger partial charge on any atom is 0.227 e. The smallest absolute Gasteiger partial charge is 0.227 e. The maximum atomic E-state index is 11.6. The van der Waals surface area contributed by atoms with Crippen molar-refractivity contribution < 1.29 is 9.59 Å². The number of likely N-dealkylation sites (tertiary alicyclic amines) is 1. The highest BCUT2D eigenvalue weighted by Crippen LogP contribution is 2.39. The van der Waals surface area contributed by atoms with E-state index in [0.29, 0.717) is 6.42 Å². The van der Waals surface area contributed by atoms with Crippen LogP contribution in [0.25, 0.3) is 0 Å². The summed E-state index contributed by atoms with van der Waals surface area (Å²) < 4.78 is 0. The van der Waals surface area contributed by atoms with Gasteiger partial charge in [0.1, 0.15) is 6.29 Å².